The van der Waals surface area contributed by atoms with E-state index in [1.807, 2.05) is 0 Å². The molecule has 21 heavy (non-hydrogen) atoms. The minimum absolute atomic E-state index is 0.213. The summed E-state index contributed by atoms with van der Waals surface area (Å²) in [6.45, 7) is 2.04. The molecule has 3 rings (SSSR count). The maximum absolute atomic E-state index is 11.1. The van der Waals surface area contributed by atoms with Gasteiger partial charge in [0.25, 0.3) is 0 Å². The SMILES string of the molecule is COCc1noc(C2CC(N3CCCC(C(=O)O)C3)C2)n1. The first-order valence-corrected chi connectivity index (χ1v) is 7.45. The summed E-state index contributed by atoms with van der Waals surface area (Å²) in [4.78, 5) is 17.7. The number of likely N-dealkylation sites (tertiary alicyclic amines) is 1. The van der Waals surface area contributed by atoms with Gasteiger partial charge >= 0.3 is 5.97 Å². The van der Waals surface area contributed by atoms with E-state index in [1.54, 1.807) is 7.11 Å². The van der Waals surface area contributed by atoms with E-state index in [1.165, 1.54) is 0 Å². The summed E-state index contributed by atoms with van der Waals surface area (Å²) in [5, 5.41) is 13.0. The van der Waals surface area contributed by atoms with Crippen LogP contribution in [0.3, 0.4) is 0 Å². The van der Waals surface area contributed by atoms with Gasteiger partial charge in [-0.05, 0) is 32.2 Å². The molecule has 0 aromatic carbocycles. The van der Waals surface area contributed by atoms with Crippen molar-refractivity contribution in [3.8, 4) is 0 Å². The molecule has 2 fully saturated rings. The Morgan fingerprint density at radius 2 is 2.33 bits per heavy atom. The summed E-state index contributed by atoms with van der Waals surface area (Å²) in [6, 6.07) is 0.454. The largest absolute Gasteiger partial charge is 0.481 e. The Labute approximate surface area is 123 Å². The number of aliphatic carboxylic acids is 1. The molecule has 7 heteroatoms. The van der Waals surface area contributed by atoms with Crippen LogP contribution in [0.25, 0.3) is 0 Å². The van der Waals surface area contributed by atoms with Gasteiger partial charge < -0.3 is 14.4 Å². The molecule has 2 aliphatic rings. The molecule has 1 aliphatic carbocycles. The summed E-state index contributed by atoms with van der Waals surface area (Å²) in [5.74, 6) is 0.689. The number of hydrogen-bond acceptors (Lipinski definition) is 6. The van der Waals surface area contributed by atoms with Gasteiger partial charge in [0.2, 0.25) is 5.89 Å². The van der Waals surface area contributed by atoms with Crippen molar-refractivity contribution in [3.63, 3.8) is 0 Å². The normalized spacial score (nSPS) is 30.0. The lowest BCUT2D eigenvalue weighted by Crippen LogP contribution is -2.49. The zero-order valence-corrected chi connectivity index (χ0v) is 12.2. The van der Waals surface area contributed by atoms with Gasteiger partial charge in [-0.3, -0.25) is 9.69 Å². The highest BCUT2D eigenvalue weighted by molar-refractivity contribution is 5.70. The van der Waals surface area contributed by atoms with E-state index in [0.717, 1.165) is 32.2 Å². The summed E-state index contributed by atoms with van der Waals surface area (Å²) in [7, 11) is 1.60. The molecule has 0 bridgehead atoms. The molecular formula is C14H21N3O4. The van der Waals surface area contributed by atoms with Crippen molar-refractivity contribution in [1.82, 2.24) is 15.0 Å². The fourth-order valence-corrected chi connectivity index (χ4v) is 3.25. The zero-order valence-electron chi connectivity index (χ0n) is 12.2. The fraction of sp³-hybridized carbons (Fsp3) is 0.786. The zero-order chi connectivity index (χ0) is 14.8. The van der Waals surface area contributed by atoms with E-state index in [9.17, 15) is 4.79 Å². The predicted molar refractivity (Wildman–Crippen MR) is 72.7 cm³/mol. The molecule has 0 spiro atoms. The first-order chi connectivity index (χ1) is 10.2. The number of rotatable bonds is 5. The van der Waals surface area contributed by atoms with Gasteiger partial charge in [-0.25, -0.2) is 0 Å². The minimum atomic E-state index is -0.670. The molecule has 116 valence electrons. The number of nitrogens with zero attached hydrogens (tertiary/aromatic N) is 3. The third-order valence-electron chi connectivity index (χ3n) is 4.54. The number of carboxylic acids is 1. The Kier molecular flexibility index (Phi) is 4.21. The maximum atomic E-state index is 11.1. The maximum Gasteiger partial charge on any atom is 0.307 e. The standard InChI is InChI=1S/C14H21N3O4/c1-20-8-12-15-13(21-16-12)10-5-11(6-10)17-4-2-3-9(7-17)14(18)19/h9-11H,2-8H2,1H3,(H,18,19). The van der Waals surface area contributed by atoms with Crippen LogP contribution in [0.2, 0.25) is 0 Å². The number of carboxylic acid groups (broad SMARTS) is 1. The number of hydrogen-bond donors (Lipinski definition) is 1. The van der Waals surface area contributed by atoms with Crippen LogP contribution in [0, 0.1) is 5.92 Å². The van der Waals surface area contributed by atoms with Crippen molar-refractivity contribution in [2.24, 2.45) is 5.92 Å². The Balaban J connectivity index is 1.51. The molecule has 1 unspecified atom stereocenters. The topological polar surface area (TPSA) is 88.7 Å². The first kappa shape index (κ1) is 14.5. The third kappa shape index (κ3) is 3.08. The number of carbonyl (C=O) groups is 1. The molecule has 1 aromatic heterocycles. The van der Waals surface area contributed by atoms with Gasteiger partial charge in [0.05, 0.1) is 5.92 Å². The Morgan fingerprint density at radius 3 is 3.05 bits per heavy atom. The van der Waals surface area contributed by atoms with Crippen LogP contribution < -0.4 is 0 Å². The van der Waals surface area contributed by atoms with E-state index in [2.05, 4.69) is 15.0 Å². The Morgan fingerprint density at radius 1 is 1.52 bits per heavy atom. The second-order valence-corrected chi connectivity index (χ2v) is 5.98. The minimum Gasteiger partial charge on any atom is -0.481 e. The molecule has 1 atom stereocenters. The van der Waals surface area contributed by atoms with Gasteiger partial charge in [-0.1, -0.05) is 5.16 Å². The fourth-order valence-electron chi connectivity index (χ4n) is 3.25. The number of aromatic nitrogens is 2. The van der Waals surface area contributed by atoms with Crippen LogP contribution in [-0.2, 0) is 16.1 Å². The van der Waals surface area contributed by atoms with E-state index >= 15 is 0 Å². The molecule has 1 saturated heterocycles. The highest BCUT2D eigenvalue weighted by Gasteiger charge is 2.40. The molecule has 1 aromatic rings. The van der Waals surface area contributed by atoms with Crippen LogP contribution in [0.5, 0.6) is 0 Å². The van der Waals surface area contributed by atoms with Crippen molar-refractivity contribution in [3.05, 3.63) is 11.7 Å². The van der Waals surface area contributed by atoms with Crippen molar-refractivity contribution in [2.75, 3.05) is 20.2 Å². The van der Waals surface area contributed by atoms with Crippen LogP contribution >= 0.6 is 0 Å². The number of piperidine rings is 1. The highest BCUT2D eigenvalue weighted by atomic mass is 16.5. The van der Waals surface area contributed by atoms with Gasteiger partial charge in [0.1, 0.15) is 6.61 Å². The Hall–Kier alpha value is -1.47. The van der Waals surface area contributed by atoms with E-state index < -0.39 is 5.97 Å². The molecule has 0 radical (unpaired) electrons. The molecule has 2 heterocycles. The summed E-state index contributed by atoms with van der Waals surface area (Å²) >= 11 is 0. The van der Waals surface area contributed by atoms with Crippen LogP contribution in [-0.4, -0.2) is 52.4 Å². The van der Waals surface area contributed by atoms with Crippen LogP contribution in [0.4, 0.5) is 0 Å². The van der Waals surface area contributed by atoms with Crippen molar-refractivity contribution in [1.29, 1.82) is 0 Å². The van der Waals surface area contributed by atoms with Gasteiger partial charge in [0, 0.05) is 25.6 Å². The Bertz CT molecular complexity index is 498. The lowest BCUT2D eigenvalue weighted by Gasteiger charge is -2.44. The van der Waals surface area contributed by atoms with Crippen molar-refractivity contribution in [2.45, 2.75) is 44.2 Å². The molecular weight excluding hydrogens is 274 g/mol. The monoisotopic (exact) mass is 295 g/mol. The lowest BCUT2D eigenvalue weighted by molar-refractivity contribution is -0.144. The second-order valence-electron chi connectivity index (χ2n) is 5.98. The van der Waals surface area contributed by atoms with Gasteiger partial charge in [0.15, 0.2) is 5.82 Å². The molecule has 1 aliphatic heterocycles. The predicted octanol–water partition coefficient (Wildman–Crippen LogP) is 1.26. The summed E-state index contributed by atoms with van der Waals surface area (Å²) in [5.41, 5.74) is 0. The second kappa shape index (κ2) is 6.11. The number of methoxy groups -OCH3 is 1. The van der Waals surface area contributed by atoms with Crippen molar-refractivity contribution < 1.29 is 19.2 Å². The highest BCUT2D eigenvalue weighted by Crippen LogP contribution is 2.40. The molecule has 1 N–H and O–H groups in total. The van der Waals surface area contributed by atoms with Crippen molar-refractivity contribution >= 4 is 5.97 Å². The van der Waals surface area contributed by atoms with Crippen LogP contribution in [0.1, 0.15) is 43.3 Å². The number of ether oxygens (including phenoxy) is 1. The lowest BCUT2D eigenvalue weighted by atomic mass is 9.78. The quantitative estimate of drug-likeness (QED) is 0.874. The van der Waals surface area contributed by atoms with E-state index in [0.29, 0.717) is 36.8 Å². The molecule has 1 saturated carbocycles. The first-order valence-electron chi connectivity index (χ1n) is 7.45. The van der Waals surface area contributed by atoms with Crippen LogP contribution in [0.15, 0.2) is 4.52 Å². The molecule has 7 nitrogen and oxygen atoms in total. The van der Waals surface area contributed by atoms with Gasteiger partial charge in [-0.15, -0.1) is 0 Å². The van der Waals surface area contributed by atoms with Gasteiger partial charge in [-0.2, -0.15) is 4.98 Å². The smallest absolute Gasteiger partial charge is 0.307 e. The average Bonchev–Trinajstić information content (AvgIpc) is 2.86. The molecule has 0 amide bonds. The summed E-state index contributed by atoms with van der Waals surface area (Å²) in [6.07, 6.45) is 3.71. The third-order valence-corrected chi connectivity index (χ3v) is 4.54. The van der Waals surface area contributed by atoms with E-state index in [-0.39, 0.29) is 5.92 Å². The average molecular weight is 295 g/mol. The van der Waals surface area contributed by atoms with E-state index in [4.69, 9.17) is 14.4 Å². The summed E-state index contributed by atoms with van der Waals surface area (Å²) < 4.78 is 10.2.